The van der Waals surface area contributed by atoms with Crippen LogP contribution in [0.4, 0.5) is 5.69 Å². The summed E-state index contributed by atoms with van der Waals surface area (Å²) in [5.41, 5.74) is 1.75. The maximum absolute atomic E-state index is 12.8. The van der Waals surface area contributed by atoms with Gasteiger partial charge in [-0.1, -0.05) is 28.1 Å². The zero-order valence-corrected chi connectivity index (χ0v) is 19.1. The molecule has 0 spiro atoms. The molecule has 0 bridgehead atoms. The number of carbonyl (C=O) groups excluding carboxylic acids is 2. The van der Waals surface area contributed by atoms with Crippen LogP contribution in [0.25, 0.3) is 0 Å². The van der Waals surface area contributed by atoms with Gasteiger partial charge in [0.1, 0.15) is 18.0 Å². The Bertz CT molecular complexity index is 944. The topological polar surface area (TPSA) is 71.1 Å². The van der Waals surface area contributed by atoms with Crippen LogP contribution < -0.4 is 19.7 Å². The fourth-order valence-electron chi connectivity index (χ4n) is 4.10. The molecule has 2 aliphatic heterocycles. The van der Waals surface area contributed by atoms with E-state index in [0.29, 0.717) is 18.0 Å². The summed E-state index contributed by atoms with van der Waals surface area (Å²) in [5, 5.41) is 3.04. The van der Waals surface area contributed by atoms with Crippen LogP contribution in [0.3, 0.4) is 0 Å². The molecule has 7 nitrogen and oxygen atoms in total. The molecular weight excluding hydrogens is 462 g/mol. The summed E-state index contributed by atoms with van der Waals surface area (Å²) in [6.45, 7) is 2.40. The minimum Gasteiger partial charge on any atom is -0.497 e. The van der Waals surface area contributed by atoms with Crippen molar-refractivity contribution in [3.05, 3.63) is 52.5 Å². The molecule has 2 aromatic rings. The third-order valence-corrected chi connectivity index (χ3v) is 6.23. The first-order valence-electron chi connectivity index (χ1n) is 10.4. The van der Waals surface area contributed by atoms with Crippen molar-refractivity contribution in [2.75, 3.05) is 44.8 Å². The van der Waals surface area contributed by atoms with Gasteiger partial charge in [0.2, 0.25) is 5.91 Å². The van der Waals surface area contributed by atoms with Crippen LogP contribution in [-0.4, -0.2) is 56.6 Å². The number of hydrogen-bond acceptors (Lipinski definition) is 5. The summed E-state index contributed by atoms with van der Waals surface area (Å²) >= 11 is 3.41. The molecule has 164 valence electrons. The predicted molar refractivity (Wildman–Crippen MR) is 122 cm³/mol. The Balaban J connectivity index is 1.44. The minimum atomic E-state index is -0.226. The molecule has 1 saturated heterocycles. The second kappa shape index (κ2) is 9.70. The van der Waals surface area contributed by atoms with Crippen molar-refractivity contribution in [1.29, 1.82) is 0 Å². The second-order valence-electron chi connectivity index (χ2n) is 7.72. The smallest absolute Gasteiger partial charge is 0.265 e. The molecule has 31 heavy (non-hydrogen) atoms. The maximum Gasteiger partial charge on any atom is 0.265 e. The summed E-state index contributed by atoms with van der Waals surface area (Å²) in [5.74, 6) is 0.983. The normalized spacial score (nSPS) is 17.1. The van der Waals surface area contributed by atoms with Gasteiger partial charge < -0.3 is 14.8 Å². The molecule has 2 amide bonds. The molecule has 4 rings (SSSR count). The van der Waals surface area contributed by atoms with E-state index >= 15 is 0 Å². The highest BCUT2D eigenvalue weighted by molar-refractivity contribution is 9.10. The number of fused-ring (bicyclic) bond motifs is 1. The lowest BCUT2D eigenvalue weighted by Crippen LogP contribution is -2.46. The van der Waals surface area contributed by atoms with E-state index in [1.807, 2.05) is 30.3 Å². The average molecular weight is 488 g/mol. The van der Waals surface area contributed by atoms with Gasteiger partial charge in [-0.25, -0.2) is 0 Å². The molecule has 2 aromatic carbocycles. The van der Waals surface area contributed by atoms with Gasteiger partial charge in [-0.15, -0.1) is 0 Å². The molecule has 1 atom stereocenters. The minimum absolute atomic E-state index is 0.0356. The van der Waals surface area contributed by atoms with E-state index in [-0.39, 0.29) is 31.0 Å². The van der Waals surface area contributed by atoms with E-state index < -0.39 is 0 Å². The molecule has 1 unspecified atom stereocenters. The first-order chi connectivity index (χ1) is 15.0. The molecule has 0 saturated carbocycles. The summed E-state index contributed by atoms with van der Waals surface area (Å²) in [4.78, 5) is 29.1. The summed E-state index contributed by atoms with van der Waals surface area (Å²) in [6.07, 6.45) is 2.32. The van der Waals surface area contributed by atoms with Crippen LogP contribution in [0, 0.1) is 0 Å². The number of rotatable bonds is 7. The number of hydrogen-bond donors (Lipinski definition) is 1. The number of carbonyl (C=O) groups is 2. The average Bonchev–Trinajstić information content (AvgIpc) is 3.31. The standard InChI is InChI=1S/C23H26BrN3O4/c1-30-18-7-4-16(5-8-18)20(26-10-2-3-11-26)13-25-22(28)14-27-19-9-6-17(24)12-21(19)31-15-23(27)29/h4-9,12,20H,2-3,10-11,13-15H2,1H3,(H,25,28). The molecule has 1 N–H and O–H groups in total. The van der Waals surface area contributed by atoms with Crippen LogP contribution >= 0.6 is 15.9 Å². The molecule has 0 radical (unpaired) electrons. The number of nitrogens with zero attached hydrogens (tertiary/aromatic N) is 2. The largest absolute Gasteiger partial charge is 0.497 e. The first-order valence-corrected chi connectivity index (χ1v) is 11.2. The van der Waals surface area contributed by atoms with Crippen molar-refractivity contribution >= 4 is 33.4 Å². The molecular formula is C23H26BrN3O4. The van der Waals surface area contributed by atoms with Gasteiger partial charge in [0.15, 0.2) is 6.61 Å². The molecule has 2 aliphatic rings. The van der Waals surface area contributed by atoms with Crippen LogP contribution in [0.5, 0.6) is 11.5 Å². The Morgan fingerprint density at radius 3 is 2.65 bits per heavy atom. The lowest BCUT2D eigenvalue weighted by molar-refractivity contribution is -0.125. The van der Waals surface area contributed by atoms with Crippen LogP contribution in [-0.2, 0) is 9.59 Å². The number of likely N-dealkylation sites (tertiary alicyclic amines) is 1. The van der Waals surface area contributed by atoms with Crippen molar-refractivity contribution in [2.45, 2.75) is 18.9 Å². The fourth-order valence-corrected chi connectivity index (χ4v) is 4.44. The van der Waals surface area contributed by atoms with E-state index in [1.54, 1.807) is 19.2 Å². The number of anilines is 1. The Kier molecular flexibility index (Phi) is 6.77. The third kappa shape index (κ3) is 5.02. The molecule has 8 heteroatoms. The highest BCUT2D eigenvalue weighted by atomic mass is 79.9. The van der Waals surface area contributed by atoms with Crippen molar-refractivity contribution in [1.82, 2.24) is 10.2 Å². The monoisotopic (exact) mass is 487 g/mol. The molecule has 0 aromatic heterocycles. The maximum atomic E-state index is 12.8. The fraction of sp³-hybridized carbons (Fsp3) is 0.391. The van der Waals surface area contributed by atoms with Gasteiger partial charge >= 0.3 is 0 Å². The summed E-state index contributed by atoms with van der Waals surface area (Å²) < 4.78 is 11.6. The SMILES string of the molecule is COc1ccc(C(CNC(=O)CN2C(=O)COc3cc(Br)ccc32)N2CCCC2)cc1. The van der Waals surface area contributed by atoms with Crippen molar-refractivity contribution < 1.29 is 19.1 Å². The van der Waals surface area contributed by atoms with E-state index in [0.717, 1.165) is 41.7 Å². The van der Waals surface area contributed by atoms with Gasteiger partial charge in [0.05, 0.1) is 18.8 Å². The highest BCUT2D eigenvalue weighted by Gasteiger charge is 2.29. The van der Waals surface area contributed by atoms with Gasteiger partial charge in [0.25, 0.3) is 5.91 Å². The van der Waals surface area contributed by atoms with Crippen molar-refractivity contribution in [2.24, 2.45) is 0 Å². The van der Waals surface area contributed by atoms with Crippen LogP contribution in [0.2, 0.25) is 0 Å². The summed E-state index contributed by atoms with van der Waals surface area (Å²) in [6, 6.07) is 13.5. The summed E-state index contributed by atoms with van der Waals surface area (Å²) in [7, 11) is 1.65. The molecule has 0 aliphatic carbocycles. The number of ether oxygens (including phenoxy) is 2. The van der Waals surface area contributed by atoms with Gasteiger partial charge in [-0.3, -0.25) is 19.4 Å². The van der Waals surface area contributed by atoms with E-state index in [9.17, 15) is 9.59 Å². The van der Waals surface area contributed by atoms with Crippen molar-refractivity contribution in [3.8, 4) is 11.5 Å². The Hall–Kier alpha value is -2.58. The Morgan fingerprint density at radius 2 is 1.94 bits per heavy atom. The Labute approximate surface area is 190 Å². The second-order valence-corrected chi connectivity index (χ2v) is 8.63. The zero-order valence-electron chi connectivity index (χ0n) is 17.5. The van der Waals surface area contributed by atoms with E-state index in [4.69, 9.17) is 9.47 Å². The van der Waals surface area contributed by atoms with E-state index in [2.05, 4.69) is 26.1 Å². The Morgan fingerprint density at radius 1 is 1.19 bits per heavy atom. The third-order valence-electron chi connectivity index (χ3n) is 5.74. The van der Waals surface area contributed by atoms with Crippen LogP contribution in [0.1, 0.15) is 24.4 Å². The lowest BCUT2D eigenvalue weighted by Gasteiger charge is -2.30. The number of nitrogens with one attached hydrogen (secondary N) is 1. The highest BCUT2D eigenvalue weighted by Crippen LogP contribution is 2.34. The van der Waals surface area contributed by atoms with Crippen LogP contribution in [0.15, 0.2) is 46.9 Å². The van der Waals surface area contributed by atoms with Crippen molar-refractivity contribution in [3.63, 3.8) is 0 Å². The quantitative estimate of drug-likeness (QED) is 0.649. The van der Waals surface area contributed by atoms with Gasteiger partial charge in [-0.05, 0) is 61.8 Å². The lowest BCUT2D eigenvalue weighted by atomic mass is 10.1. The molecule has 2 heterocycles. The number of amides is 2. The predicted octanol–water partition coefficient (Wildman–Crippen LogP) is 3.14. The van der Waals surface area contributed by atoms with Gasteiger partial charge in [0, 0.05) is 11.0 Å². The zero-order chi connectivity index (χ0) is 21.8. The number of benzene rings is 2. The van der Waals surface area contributed by atoms with Gasteiger partial charge in [-0.2, -0.15) is 0 Å². The van der Waals surface area contributed by atoms with E-state index in [1.165, 1.54) is 4.90 Å². The number of methoxy groups -OCH3 is 1. The molecule has 1 fully saturated rings. The number of halogens is 1. The first kappa shape index (κ1) is 21.6.